The van der Waals surface area contributed by atoms with Gasteiger partial charge in [-0.05, 0) is 61.4 Å². The maximum absolute atomic E-state index is 12.8. The van der Waals surface area contributed by atoms with Crippen molar-refractivity contribution in [3.63, 3.8) is 0 Å². The molecule has 31 heavy (non-hydrogen) atoms. The van der Waals surface area contributed by atoms with E-state index in [1.54, 1.807) is 12.1 Å². The fourth-order valence-electron chi connectivity index (χ4n) is 3.35. The van der Waals surface area contributed by atoms with Gasteiger partial charge >= 0.3 is 0 Å². The third-order valence-corrected chi connectivity index (χ3v) is 5.02. The molecule has 1 fully saturated rings. The number of halogens is 1. The number of hydrogen-bond donors (Lipinski definition) is 2. The van der Waals surface area contributed by atoms with E-state index in [-0.39, 0.29) is 12.4 Å². The molecule has 2 aromatic carbocycles. The Morgan fingerprint density at radius 3 is 2.10 bits per heavy atom. The molecule has 170 valence electrons. The number of benzene rings is 2. The molecule has 0 spiro atoms. The molecule has 3 rings (SSSR count). The predicted octanol–water partition coefficient (Wildman–Crippen LogP) is 3.57. The van der Waals surface area contributed by atoms with E-state index < -0.39 is 6.10 Å². The molecule has 0 bridgehead atoms. The summed E-state index contributed by atoms with van der Waals surface area (Å²) in [6.45, 7) is 2.69. The van der Waals surface area contributed by atoms with Crippen molar-refractivity contribution in [2.45, 2.75) is 37.9 Å². The van der Waals surface area contributed by atoms with E-state index in [0.29, 0.717) is 50.5 Å². The minimum atomic E-state index is -0.644. The Bertz CT molecular complexity index is 735. The number of nitrogens with one attached hydrogen (secondary N) is 1. The van der Waals surface area contributed by atoms with Crippen LogP contribution in [0, 0.1) is 5.82 Å². The van der Waals surface area contributed by atoms with Gasteiger partial charge in [-0.15, -0.1) is 0 Å². The monoisotopic (exact) mass is 433 g/mol. The molecule has 1 atom stereocenters. The van der Waals surface area contributed by atoms with Crippen LogP contribution in [-0.2, 0) is 4.74 Å². The zero-order valence-corrected chi connectivity index (χ0v) is 17.8. The minimum Gasteiger partial charge on any atom is -0.492 e. The lowest BCUT2D eigenvalue weighted by Crippen LogP contribution is -2.33. The van der Waals surface area contributed by atoms with Gasteiger partial charge in [-0.25, -0.2) is 4.39 Å². The van der Waals surface area contributed by atoms with Gasteiger partial charge in [-0.2, -0.15) is 0 Å². The number of hydrogen-bond acceptors (Lipinski definition) is 6. The van der Waals surface area contributed by atoms with E-state index in [0.717, 1.165) is 18.6 Å². The Morgan fingerprint density at radius 1 is 0.839 bits per heavy atom. The molecule has 6 nitrogen and oxygen atoms in total. The van der Waals surface area contributed by atoms with Crippen LogP contribution in [0.4, 0.5) is 4.39 Å². The predicted molar refractivity (Wildman–Crippen MR) is 116 cm³/mol. The molecule has 1 aliphatic rings. The molecule has 0 aromatic heterocycles. The lowest BCUT2D eigenvalue weighted by atomic mass is 10.3. The zero-order chi connectivity index (χ0) is 21.7. The molecule has 0 heterocycles. The van der Waals surface area contributed by atoms with Crippen LogP contribution in [0.1, 0.15) is 25.7 Å². The van der Waals surface area contributed by atoms with Gasteiger partial charge in [0, 0.05) is 13.1 Å². The van der Waals surface area contributed by atoms with Crippen LogP contribution in [0.5, 0.6) is 17.2 Å². The van der Waals surface area contributed by atoms with Crippen molar-refractivity contribution in [2.24, 2.45) is 0 Å². The number of aliphatic hydroxyl groups excluding tert-OH is 1. The summed E-state index contributed by atoms with van der Waals surface area (Å²) < 4.78 is 35.4. The smallest absolute Gasteiger partial charge is 0.123 e. The highest BCUT2D eigenvalue weighted by Crippen LogP contribution is 2.21. The lowest BCUT2D eigenvalue weighted by molar-refractivity contribution is 0.0382. The van der Waals surface area contributed by atoms with E-state index in [1.165, 1.54) is 25.0 Å². The normalized spacial score (nSPS) is 15.0. The summed E-state index contributed by atoms with van der Waals surface area (Å²) >= 11 is 0. The van der Waals surface area contributed by atoms with Crippen molar-refractivity contribution in [3.8, 4) is 17.2 Å². The van der Waals surface area contributed by atoms with Crippen molar-refractivity contribution < 1.29 is 28.4 Å². The average Bonchev–Trinajstić information content (AvgIpc) is 3.31. The van der Waals surface area contributed by atoms with E-state index in [2.05, 4.69) is 5.32 Å². The van der Waals surface area contributed by atoms with Crippen LogP contribution in [0.15, 0.2) is 48.5 Å². The molecule has 0 aliphatic heterocycles. The SMILES string of the molecule is OC(CNCCOc1ccc(F)cc1)COc1ccc(OCCOC2CCCC2)cc1. The van der Waals surface area contributed by atoms with Gasteiger partial charge in [0.2, 0.25) is 0 Å². The molecule has 2 N–H and O–H groups in total. The fourth-order valence-corrected chi connectivity index (χ4v) is 3.35. The lowest BCUT2D eigenvalue weighted by Gasteiger charge is -2.14. The Kier molecular flexibility index (Phi) is 9.89. The molecule has 7 heteroatoms. The number of rotatable bonds is 14. The zero-order valence-electron chi connectivity index (χ0n) is 17.8. The van der Waals surface area contributed by atoms with Crippen LogP contribution in [0.2, 0.25) is 0 Å². The first kappa shape index (κ1) is 23.3. The topological polar surface area (TPSA) is 69.2 Å². The van der Waals surface area contributed by atoms with Crippen molar-refractivity contribution in [1.29, 1.82) is 0 Å². The van der Waals surface area contributed by atoms with E-state index in [1.807, 2.05) is 24.3 Å². The van der Waals surface area contributed by atoms with Crippen LogP contribution in [0.25, 0.3) is 0 Å². The third-order valence-electron chi connectivity index (χ3n) is 5.02. The Hall–Kier alpha value is -2.35. The first-order valence-electron chi connectivity index (χ1n) is 10.9. The molecule has 0 radical (unpaired) electrons. The van der Waals surface area contributed by atoms with Crippen LogP contribution < -0.4 is 19.5 Å². The number of aliphatic hydroxyl groups is 1. The second-order valence-corrected chi connectivity index (χ2v) is 7.57. The van der Waals surface area contributed by atoms with E-state index in [4.69, 9.17) is 18.9 Å². The largest absolute Gasteiger partial charge is 0.492 e. The first-order valence-corrected chi connectivity index (χ1v) is 10.9. The molecule has 0 amide bonds. The summed E-state index contributed by atoms with van der Waals surface area (Å²) in [4.78, 5) is 0. The van der Waals surface area contributed by atoms with Crippen molar-refractivity contribution >= 4 is 0 Å². The molecule has 1 saturated carbocycles. The molecular weight excluding hydrogens is 401 g/mol. The minimum absolute atomic E-state index is 0.182. The summed E-state index contributed by atoms with van der Waals surface area (Å²) in [6, 6.07) is 13.2. The standard InChI is InChI=1S/C24H32FNO5/c25-19-5-7-22(8-6-19)28-14-13-26-17-20(27)18-31-24-11-9-23(10-12-24)30-16-15-29-21-3-1-2-4-21/h5-12,20-21,26-27H,1-4,13-18H2. The highest BCUT2D eigenvalue weighted by molar-refractivity contribution is 5.31. The Labute approximate surface area is 183 Å². The van der Waals surface area contributed by atoms with Crippen molar-refractivity contribution in [1.82, 2.24) is 5.32 Å². The maximum Gasteiger partial charge on any atom is 0.123 e. The second kappa shape index (κ2) is 13.1. The number of ether oxygens (including phenoxy) is 4. The van der Waals surface area contributed by atoms with Crippen molar-refractivity contribution in [3.05, 3.63) is 54.3 Å². The van der Waals surface area contributed by atoms with E-state index in [9.17, 15) is 9.50 Å². The Morgan fingerprint density at radius 2 is 1.42 bits per heavy atom. The highest BCUT2D eigenvalue weighted by atomic mass is 19.1. The van der Waals surface area contributed by atoms with Gasteiger partial charge in [0.25, 0.3) is 0 Å². The second-order valence-electron chi connectivity index (χ2n) is 7.57. The first-order chi connectivity index (χ1) is 15.2. The third kappa shape index (κ3) is 9.12. The molecule has 0 saturated heterocycles. The summed E-state index contributed by atoms with van der Waals surface area (Å²) in [5.74, 6) is 1.76. The van der Waals surface area contributed by atoms with Gasteiger partial charge in [0.15, 0.2) is 0 Å². The fraction of sp³-hybridized carbons (Fsp3) is 0.500. The quantitative estimate of drug-likeness (QED) is 0.444. The Balaban J connectivity index is 1.21. The molecule has 2 aromatic rings. The van der Waals surface area contributed by atoms with Crippen molar-refractivity contribution in [2.75, 3.05) is 39.5 Å². The van der Waals surface area contributed by atoms with Gasteiger partial charge in [0.05, 0.1) is 12.7 Å². The summed E-state index contributed by atoms with van der Waals surface area (Å²) in [6.07, 6.45) is 4.62. The van der Waals surface area contributed by atoms with Crippen LogP contribution in [0.3, 0.4) is 0 Å². The van der Waals surface area contributed by atoms with Crippen LogP contribution >= 0.6 is 0 Å². The van der Waals surface area contributed by atoms with Gasteiger partial charge in [0.1, 0.15) is 49.0 Å². The van der Waals surface area contributed by atoms with Crippen LogP contribution in [-0.4, -0.2) is 56.8 Å². The average molecular weight is 434 g/mol. The summed E-state index contributed by atoms with van der Waals surface area (Å²) in [5.41, 5.74) is 0. The molecule has 1 unspecified atom stereocenters. The summed E-state index contributed by atoms with van der Waals surface area (Å²) in [5, 5.41) is 13.1. The maximum atomic E-state index is 12.8. The summed E-state index contributed by atoms with van der Waals surface area (Å²) in [7, 11) is 0. The molecular formula is C24H32FNO5. The van der Waals surface area contributed by atoms with Gasteiger partial charge < -0.3 is 29.4 Å². The highest BCUT2D eigenvalue weighted by Gasteiger charge is 2.14. The molecule has 1 aliphatic carbocycles. The van der Waals surface area contributed by atoms with E-state index >= 15 is 0 Å². The van der Waals surface area contributed by atoms with Gasteiger partial charge in [-0.1, -0.05) is 12.8 Å². The van der Waals surface area contributed by atoms with Gasteiger partial charge in [-0.3, -0.25) is 0 Å².